The number of hydrogen-bond acceptors (Lipinski definition) is 3. The highest BCUT2D eigenvalue weighted by molar-refractivity contribution is 6.26. The number of amides is 2. The standard InChI is InChI=1S/C21H24N2O2/c1-3-5-6-7-13-22-18-12-11-17-19-15(18)9-8-10-16(19)20(24)23(14-4-2)21(17)25/h4,8-12,22H,2-3,5-7,13-14H2,1H3. The summed E-state index contributed by atoms with van der Waals surface area (Å²) >= 11 is 0. The molecule has 4 heteroatoms. The Bertz CT molecular complexity index is 804. The molecule has 2 aromatic carbocycles. The molecule has 0 aliphatic carbocycles. The summed E-state index contributed by atoms with van der Waals surface area (Å²) in [7, 11) is 0. The number of benzene rings is 2. The van der Waals surface area contributed by atoms with E-state index in [2.05, 4.69) is 18.8 Å². The van der Waals surface area contributed by atoms with Gasteiger partial charge in [0.25, 0.3) is 11.8 Å². The van der Waals surface area contributed by atoms with Crippen LogP contribution in [0.15, 0.2) is 43.0 Å². The van der Waals surface area contributed by atoms with Gasteiger partial charge < -0.3 is 5.32 Å². The fourth-order valence-electron chi connectivity index (χ4n) is 3.37. The first-order valence-corrected chi connectivity index (χ1v) is 8.95. The van der Waals surface area contributed by atoms with Crippen LogP contribution in [0.5, 0.6) is 0 Å². The number of carbonyl (C=O) groups is 2. The number of imide groups is 1. The number of anilines is 1. The first-order chi connectivity index (χ1) is 12.2. The van der Waals surface area contributed by atoms with E-state index in [-0.39, 0.29) is 18.4 Å². The zero-order valence-electron chi connectivity index (χ0n) is 14.7. The average Bonchev–Trinajstić information content (AvgIpc) is 2.63. The summed E-state index contributed by atoms with van der Waals surface area (Å²) in [5.41, 5.74) is 2.15. The lowest BCUT2D eigenvalue weighted by Crippen LogP contribution is -2.40. The summed E-state index contributed by atoms with van der Waals surface area (Å²) < 4.78 is 0. The molecule has 0 bridgehead atoms. The maximum Gasteiger partial charge on any atom is 0.261 e. The molecule has 4 nitrogen and oxygen atoms in total. The van der Waals surface area contributed by atoms with Crippen LogP contribution in [0.2, 0.25) is 0 Å². The van der Waals surface area contributed by atoms with E-state index in [1.165, 1.54) is 24.2 Å². The lowest BCUT2D eigenvalue weighted by Gasteiger charge is -2.27. The van der Waals surface area contributed by atoms with Crippen molar-refractivity contribution in [3.8, 4) is 0 Å². The molecule has 0 saturated carbocycles. The van der Waals surface area contributed by atoms with Crippen LogP contribution in [0.25, 0.3) is 10.8 Å². The van der Waals surface area contributed by atoms with Crippen LogP contribution in [-0.4, -0.2) is 29.8 Å². The molecule has 0 fully saturated rings. The van der Waals surface area contributed by atoms with E-state index >= 15 is 0 Å². The number of unbranched alkanes of at least 4 members (excludes halogenated alkanes) is 3. The number of hydrogen-bond donors (Lipinski definition) is 1. The van der Waals surface area contributed by atoms with Crippen LogP contribution in [0.4, 0.5) is 5.69 Å². The quantitative estimate of drug-likeness (QED) is 0.435. The second kappa shape index (κ2) is 7.51. The van der Waals surface area contributed by atoms with E-state index in [1.807, 2.05) is 24.3 Å². The van der Waals surface area contributed by atoms with Crippen molar-refractivity contribution in [1.29, 1.82) is 0 Å². The molecular formula is C21H24N2O2. The van der Waals surface area contributed by atoms with Gasteiger partial charge in [0.15, 0.2) is 0 Å². The van der Waals surface area contributed by atoms with Gasteiger partial charge in [-0.15, -0.1) is 6.58 Å². The predicted molar refractivity (Wildman–Crippen MR) is 102 cm³/mol. The van der Waals surface area contributed by atoms with Gasteiger partial charge in [0.05, 0.1) is 0 Å². The number of nitrogens with zero attached hydrogens (tertiary/aromatic N) is 1. The van der Waals surface area contributed by atoms with Gasteiger partial charge in [-0.3, -0.25) is 14.5 Å². The first kappa shape index (κ1) is 17.2. The summed E-state index contributed by atoms with van der Waals surface area (Å²) in [6, 6.07) is 9.41. The lowest BCUT2D eigenvalue weighted by atomic mass is 9.93. The van der Waals surface area contributed by atoms with Crippen molar-refractivity contribution < 1.29 is 9.59 Å². The third-order valence-corrected chi connectivity index (χ3v) is 4.65. The average molecular weight is 336 g/mol. The van der Waals surface area contributed by atoms with Crippen LogP contribution in [0, 0.1) is 0 Å². The van der Waals surface area contributed by atoms with Crippen molar-refractivity contribution in [2.75, 3.05) is 18.4 Å². The normalized spacial score (nSPS) is 13.4. The van der Waals surface area contributed by atoms with Crippen LogP contribution >= 0.6 is 0 Å². The van der Waals surface area contributed by atoms with E-state index in [4.69, 9.17) is 0 Å². The van der Waals surface area contributed by atoms with Gasteiger partial charge >= 0.3 is 0 Å². The number of nitrogens with one attached hydrogen (secondary N) is 1. The smallest absolute Gasteiger partial charge is 0.261 e. The van der Waals surface area contributed by atoms with Crippen molar-refractivity contribution in [2.45, 2.75) is 32.6 Å². The van der Waals surface area contributed by atoms with E-state index < -0.39 is 0 Å². The molecule has 1 aliphatic rings. The van der Waals surface area contributed by atoms with E-state index in [9.17, 15) is 9.59 Å². The molecule has 1 N–H and O–H groups in total. The Labute approximate surface area is 148 Å². The Balaban J connectivity index is 1.96. The molecule has 0 spiro atoms. The molecular weight excluding hydrogens is 312 g/mol. The molecule has 130 valence electrons. The second-order valence-electron chi connectivity index (χ2n) is 6.39. The van der Waals surface area contributed by atoms with Crippen LogP contribution in [0.3, 0.4) is 0 Å². The Morgan fingerprint density at radius 2 is 1.80 bits per heavy atom. The molecule has 0 atom stereocenters. The monoisotopic (exact) mass is 336 g/mol. The van der Waals surface area contributed by atoms with Gasteiger partial charge in [0.2, 0.25) is 0 Å². The van der Waals surface area contributed by atoms with Gasteiger partial charge in [0, 0.05) is 40.7 Å². The SMILES string of the molecule is C=CCN1C(=O)c2cccc3c(NCCCCCC)ccc(c23)C1=O. The minimum absolute atomic E-state index is 0.227. The Kier molecular flexibility index (Phi) is 5.17. The van der Waals surface area contributed by atoms with Gasteiger partial charge in [0.1, 0.15) is 0 Å². The van der Waals surface area contributed by atoms with E-state index in [0.717, 1.165) is 29.4 Å². The topological polar surface area (TPSA) is 49.4 Å². The van der Waals surface area contributed by atoms with Gasteiger partial charge in [-0.25, -0.2) is 0 Å². The maximum atomic E-state index is 12.7. The molecule has 1 aliphatic heterocycles. The molecule has 3 rings (SSSR count). The summed E-state index contributed by atoms with van der Waals surface area (Å²) in [6.07, 6.45) is 6.35. The summed E-state index contributed by atoms with van der Waals surface area (Å²) in [4.78, 5) is 26.6. The lowest BCUT2D eigenvalue weighted by molar-refractivity contribution is 0.0629. The zero-order chi connectivity index (χ0) is 17.8. The zero-order valence-corrected chi connectivity index (χ0v) is 14.7. The predicted octanol–water partition coefficient (Wildman–Crippen LogP) is 4.61. The second-order valence-corrected chi connectivity index (χ2v) is 6.39. The van der Waals surface area contributed by atoms with Crippen molar-refractivity contribution in [2.24, 2.45) is 0 Å². The molecule has 2 aromatic rings. The molecule has 2 amide bonds. The van der Waals surface area contributed by atoms with Crippen molar-refractivity contribution in [1.82, 2.24) is 4.90 Å². The Hall–Kier alpha value is -2.62. The van der Waals surface area contributed by atoms with Crippen molar-refractivity contribution in [3.63, 3.8) is 0 Å². The third-order valence-electron chi connectivity index (χ3n) is 4.65. The van der Waals surface area contributed by atoms with E-state index in [0.29, 0.717) is 11.1 Å². The Morgan fingerprint density at radius 3 is 2.52 bits per heavy atom. The van der Waals surface area contributed by atoms with Crippen LogP contribution < -0.4 is 5.32 Å². The third kappa shape index (κ3) is 3.16. The summed E-state index contributed by atoms with van der Waals surface area (Å²) in [5, 5.41) is 5.16. The van der Waals surface area contributed by atoms with Gasteiger partial charge in [-0.1, -0.05) is 44.4 Å². The summed E-state index contributed by atoms with van der Waals surface area (Å²) in [6.45, 7) is 6.96. The van der Waals surface area contributed by atoms with Gasteiger partial charge in [-0.05, 0) is 24.6 Å². The molecule has 1 heterocycles. The Morgan fingerprint density at radius 1 is 1.04 bits per heavy atom. The van der Waals surface area contributed by atoms with Gasteiger partial charge in [-0.2, -0.15) is 0 Å². The molecule has 25 heavy (non-hydrogen) atoms. The highest BCUT2D eigenvalue weighted by Gasteiger charge is 2.32. The highest BCUT2D eigenvalue weighted by atomic mass is 16.2. The molecule has 0 aromatic heterocycles. The summed E-state index contributed by atoms with van der Waals surface area (Å²) in [5.74, 6) is -0.494. The first-order valence-electron chi connectivity index (χ1n) is 8.95. The van der Waals surface area contributed by atoms with Crippen LogP contribution in [0.1, 0.15) is 53.3 Å². The maximum absolute atomic E-state index is 12.7. The highest BCUT2D eigenvalue weighted by Crippen LogP contribution is 2.34. The molecule has 0 saturated heterocycles. The van der Waals surface area contributed by atoms with Crippen LogP contribution in [-0.2, 0) is 0 Å². The number of rotatable bonds is 8. The fourth-order valence-corrected chi connectivity index (χ4v) is 3.37. The molecule has 0 unspecified atom stereocenters. The molecule has 0 radical (unpaired) electrons. The minimum Gasteiger partial charge on any atom is -0.385 e. The van der Waals surface area contributed by atoms with Crippen molar-refractivity contribution >= 4 is 28.3 Å². The largest absolute Gasteiger partial charge is 0.385 e. The van der Waals surface area contributed by atoms with Crippen molar-refractivity contribution in [3.05, 3.63) is 54.1 Å². The number of carbonyl (C=O) groups excluding carboxylic acids is 2. The van der Waals surface area contributed by atoms with E-state index in [1.54, 1.807) is 12.1 Å². The fraction of sp³-hybridized carbons (Fsp3) is 0.333. The minimum atomic E-state index is -0.247.